The van der Waals surface area contributed by atoms with Crippen LogP contribution in [0.1, 0.15) is 40.3 Å². The molecular weight excluding hydrogens is 322 g/mol. The van der Waals surface area contributed by atoms with Gasteiger partial charge in [-0.15, -0.1) is 0 Å². The first-order valence-electron chi connectivity index (χ1n) is 8.10. The van der Waals surface area contributed by atoms with E-state index >= 15 is 0 Å². The number of nitrogens with zero attached hydrogens (tertiary/aromatic N) is 1. The Morgan fingerprint density at radius 1 is 1.24 bits per heavy atom. The van der Waals surface area contributed by atoms with Crippen LogP contribution in [-0.4, -0.2) is 36.0 Å². The van der Waals surface area contributed by atoms with Crippen LogP contribution in [0, 0.1) is 6.92 Å². The average molecular weight is 345 g/mol. The predicted octanol–water partition coefficient (Wildman–Crippen LogP) is 3.28. The zero-order valence-electron chi connectivity index (χ0n) is 14.7. The second kappa shape index (κ2) is 8.37. The van der Waals surface area contributed by atoms with Crippen molar-refractivity contribution >= 4 is 11.9 Å². The van der Waals surface area contributed by atoms with E-state index in [0.717, 1.165) is 24.2 Å². The molecule has 1 N–H and O–H groups in total. The van der Waals surface area contributed by atoms with Gasteiger partial charge in [0.2, 0.25) is 5.91 Å². The number of carbonyl (C=O) groups is 2. The molecule has 0 fully saturated rings. The highest BCUT2D eigenvalue weighted by atomic mass is 16.5. The molecule has 1 aromatic carbocycles. The summed E-state index contributed by atoms with van der Waals surface area (Å²) in [5.74, 6) is 0.609. The van der Waals surface area contributed by atoms with E-state index in [9.17, 15) is 9.59 Å². The van der Waals surface area contributed by atoms with Gasteiger partial charge in [-0.3, -0.25) is 4.79 Å². The topological polar surface area (TPSA) is 80.0 Å². The van der Waals surface area contributed by atoms with E-state index in [2.05, 4.69) is 0 Å². The molecular formula is C19H23NO5. The third kappa shape index (κ3) is 5.11. The largest absolute Gasteiger partial charge is 0.497 e. The van der Waals surface area contributed by atoms with Gasteiger partial charge in [-0.05, 0) is 43.5 Å². The lowest BCUT2D eigenvalue weighted by atomic mass is 10.1. The first-order valence-corrected chi connectivity index (χ1v) is 8.10. The van der Waals surface area contributed by atoms with Crippen LogP contribution >= 0.6 is 0 Å². The van der Waals surface area contributed by atoms with Crippen LogP contribution in [-0.2, 0) is 17.8 Å². The molecule has 0 unspecified atom stereocenters. The standard InChI is InChI=1S/C19H23NO5/c1-13-17(19(22)23)11-16(25-13)12-20(2)18(21)6-4-5-14-7-9-15(24-3)10-8-14/h7-11H,4-6,12H2,1-3H3,(H,22,23). The van der Waals surface area contributed by atoms with E-state index in [1.807, 2.05) is 24.3 Å². The Bertz CT molecular complexity index is 733. The predicted molar refractivity (Wildman–Crippen MR) is 92.8 cm³/mol. The number of hydrogen-bond donors (Lipinski definition) is 1. The Morgan fingerprint density at radius 2 is 1.92 bits per heavy atom. The average Bonchev–Trinajstić information content (AvgIpc) is 2.96. The second-order valence-electron chi connectivity index (χ2n) is 5.94. The number of rotatable bonds is 8. The number of amides is 1. The number of carboxylic acid groups (broad SMARTS) is 1. The van der Waals surface area contributed by atoms with E-state index in [1.165, 1.54) is 6.07 Å². The molecule has 0 aliphatic carbocycles. The summed E-state index contributed by atoms with van der Waals surface area (Å²) in [6.07, 6.45) is 1.98. The Hall–Kier alpha value is -2.76. The third-order valence-corrected chi connectivity index (χ3v) is 4.03. The fourth-order valence-corrected chi connectivity index (χ4v) is 2.58. The van der Waals surface area contributed by atoms with Gasteiger partial charge in [0.15, 0.2) is 0 Å². The van der Waals surface area contributed by atoms with Crippen molar-refractivity contribution < 1.29 is 23.8 Å². The van der Waals surface area contributed by atoms with Gasteiger partial charge in [0.25, 0.3) is 0 Å². The van der Waals surface area contributed by atoms with Gasteiger partial charge < -0.3 is 19.2 Å². The summed E-state index contributed by atoms with van der Waals surface area (Å²) in [5, 5.41) is 9.03. The summed E-state index contributed by atoms with van der Waals surface area (Å²) in [4.78, 5) is 24.8. The highest BCUT2D eigenvalue weighted by molar-refractivity contribution is 5.88. The SMILES string of the molecule is COc1ccc(CCCC(=O)N(C)Cc2cc(C(=O)O)c(C)o2)cc1. The summed E-state index contributed by atoms with van der Waals surface area (Å²) >= 11 is 0. The summed E-state index contributed by atoms with van der Waals surface area (Å²) in [7, 11) is 3.32. The van der Waals surface area contributed by atoms with Crippen molar-refractivity contribution in [2.45, 2.75) is 32.7 Å². The molecule has 0 spiro atoms. The van der Waals surface area contributed by atoms with Gasteiger partial charge >= 0.3 is 5.97 Å². The molecule has 0 atom stereocenters. The van der Waals surface area contributed by atoms with Gasteiger partial charge in [0.05, 0.1) is 13.7 Å². The van der Waals surface area contributed by atoms with E-state index in [0.29, 0.717) is 17.9 Å². The molecule has 0 radical (unpaired) electrons. The van der Waals surface area contributed by atoms with Gasteiger partial charge in [0.1, 0.15) is 22.8 Å². The molecule has 6 nitrogen and oxygen atoms in total. The molecule has 0 saturated carbocycles. The summed E-state index contributed by atoms with van der Waals surface area (Å²) < 4.78 is 10.5. The van der Waals surface area contributed by atoms with Gasteiger partial charge in [-0.1, -0.05) is 12.1 Å². The lowest BCUT2D eigenvalue weighted by Gasteiger charge is -2.15. The summed E-state index contributed by atoms with van der Waals surface area (Å²) in [5.41, 5.74) is 1.29. The normalized spacial score (nSPS) is 10.5. The monoisotopic (exact) mass is 345 g/mol. The second-order valence-corrected chi connectivity index (χ2v) is 5.94. The lowest BCUT2D eigenvalue weighted by Crippen LogP contribution is -2.25. The Balaban J connectivity index is 1.81. The summed E-state index contributed by atoms with van der Waals surface area (Å²) in [6, 6.07) is 9.27. The molecule has 1 amide bonds. The minimum atomic E-state index is -1.03. The number of furan rings is 1. The van der Waals surface area contributed by atoms with Gasteiger partial charge in [-0.2, -0.15) is 0 Å². The van der Waals surface area contributed by atoms with Crippen LogP contribution in [0.3, 0.4) is 0 Å². The molecule has 2 aromatic rings. The summed E-state index contributed by atoms with van der Waals surface area (Å²) in [6.45, 7) is 1.86. The quantitative estimate of drug-likeness (QED) is 0.794. The maximum Gasteiger partial charge on any atom is 0.339 e. The smallest absolute Gasteiger partial charge is 0.339 e. The highest BCUT2D eigenvalue weighted by Crippen LogP contribution is 2.17. The minimum Gasteiger partial charge on any atom is -0.497 e. The molecule has 1 heterocycles. The molecule has 1 aromatic heterocycles. The van der Waals surface area contributed by atoms with Gasteiger partial charge in [-0.25, -0.2) is 4.79 Å². The Kier molecular flexibility index (Phi) is 6.22. The molecule has 134 valence electrons. The van der Waals surface area contributed by atoms with E-state index < -0.39 is 5.97 Å². The number of aromatic carboxylic acids is 1. The van der Waals surface area contributed by atoms with Gasteiger partial charge in [0, 0.05) is 13.5 Å². The van der Waals surface area contributed by atoms with E-state index in [-0.39, 0.29) is 18.0 Å². The third-order valence-electron chi connectivity index (χ3n) is 4.03. The number of aryl methyl sites for hydroxylation is 2. The zero-order chi connectivity index (χ0) is 18.4. The number of carboxylic acids is 1. The van der Waals surface area contributed by atoms with E-state index in [4.69, 9.17) is 14.3 Å². The van der Waals surface area contributed by atoms with Crippen LogP contribution in [0.15, 0.2) is 34.7 Å². The van der Waals surface area contributed by atoms with Crippen molar-refractivity contribution in [3.8, 4) is 5.75 Å². The van der Waals surface area contributed by atoms with Crippen LogP contribution in [0.2, 0.25) is 0 Å². The van der Waals surface area contributed by atoms with Crippen LogP contribution < -0.4 is 4.74 Å². The molecule has 0 saturated heterocycles. The van der Waals surface area contributed by atoms with Crippen molar-refractivity contribution in [3.05, 3.63) is 53.0 Å². The van der Waals surface area contributed by atoms with Crippen LogP contribution in [0.25, 0.3) is 0 Å². The maximum absolute atomic E-state index is 12.2. The van der Waals surface area contributed by atoms with Crippen molar-refractivity contribution in [2.75, 3.05) is 14.2 Å². The van der Waals surface area contributed by atoms with Crippen molar-refractivity contribution in [1.82, 2.24) is 4.90 Å². The number of methoxy groups -OCH3 is 1. The van der Waals surface area contributed by atoms with Crippen LogP contribution in [0.5, 0.6) is 5.75 Å². The molecule has 2 rings (SSSR count). The number of benzene rings is 1. The van der Waals surface area contributed by atoms with Crippen LogP contribution in [0.4, 0.5) is 0 Å². The molecule has 25 heavy (non-hydrogen) atoms. The zero-order valence-corrected chi connectivity index (χ0v) is 14.7. The Labute approximate surface area is 147 Å². The van der Waals surface area contributed by atoms with E-state index in [1.54, 1.807) is 26.0 Å². The fraction of sp³-hybridized carbons (Fsp3) is 0.368. The van der Waals surface area contributed by atoms with Crippen molar-refractivity contribution in [3.63, 3.8) is 0 Å². The Morgan fingerprint density at radius 3 is 2.48 bits per heavy atom. The molecule has 0 aliphatic heterocycles. The lowest BCUT2D eigenvalue weighted by molar-refractivity contribution is -0.130. The first-order chi connectivity index (χ1) is 11.9. The maximum atomic E-state index is 12.2. The number of carbonyl (C=O) groups excluding carboxylic acids is 1. The number of hydrogen-bond acceptors (Lipinski definition) is 4. The fourth-order valence-electron chi connectivity index (χ4n) is 2.58. The van der Waals surface area contributed by atoms with Crippen molar-refractivity contribution in [1.29, 1.82) is 0 Å². The molecule has 6 heteroatoms. The number of ether oxygens (including phenoxy) is 1. The molecule has 0 aliphatic rings. The molecule has 0 bridgehead atoms. The first kappa shape index (κ1) is 18.6. The van der Waals surface area contributed by atoms with Crippen molar-refractivity contribution in [2.24, 2.45) is 0 Å². The minimum absolute atomic E-state index is 0.000519. The highest BCUT2D eigenvalue weighted by Gasteiger charge is 2.16.